The van der Waals surface area contributed by atoms with Gasteiger partial charge in [-0.3, -0.25) is 0 Å². The maximum absolute atomic E-state index is 8.90. The maximum Gasteiger partial charge on any atom is 0.158 e. The van der Waals surface area contributed by atoms with Crippen LogP contribution in [-0.2, 0) is 9.47 Å². The first kappa shape index (κ1) is 23.7. The van der Waals surface area contributed by atoms with E-state index in [1.807, 2.05) is 0 Å². The Hall–Kier alpha value is -0.590. The van der Waals surface area contributed by atoms with Crippen LogP contribution in [0.1, 0.15) is 98.3 Å². The van der Waals surface area contributed by atoms with Gasteiger partial charge < -0.3 is 9.47 Å². The number of nitrogens with zero attached hydrogens (tertiary/aromatic N) is 1. The van der Waals surface area contributed by atoms with Gasteiger partial charge in [-0.05, 0) is 74.0 Å². The molecule has 2 rings (SSSR count). The lowest BCUT2D eigenvalue weighted by atomic mass is 10.00. The molecule has 0 radical (unpaired) electrons. The van der Waals surface area contributed by atoms with Gasteiger partial charge in [-0.1, -0.05) is 47.0 Å². The van der Waals surface area contributed by atoms with Crippen molar-refractivity contribution < 1.29 is 9.47 Å². The van der Waals surface area contributed by atoms with E-state index in [0.29, 0.717) is 12.8 Å². The van der Waals surface area contributed by atoms with Gasteiger partial charge in [-0.25, -0.2) is 0 Å². The zero-order valence-electron chi connectivity index (χ0n) is 19.0. The highest BCUT2D eigenvalue weighted by Crippen LogP contribution is 2.46. The van der Waals surface area contributed by atoms with Crippen molar-refractivity contribution >= 4 is 0 Å². The van der Waals surface area contributed by atoms with Crippen LogP contribution in [0.5, 0.6) is 0 Å². The first-order chi connectivity index (χ1) is 13.5. The molecule has 0 aromatic carbocycles. The Labute approximate surface area is 174 Å². The van der Waals surface area contributed by atoms with Gasteiger partial charge in [0.15, 0.2) is 6.29 Å². The zero-order valence-corrected chi connectivity index (χ0v) is 19.0. The molecule has 2 saturated carbocycles. The normalized spacial score (nSPS) is 28.1. The monoisotopic (exact) mass is 391 g/mol. The van der Waals surface area contributed by atoms with Gasteiger partial charge in [0.1, 0.15) is 0 Å². The summed E-state index contributed by atoms with van der Waals surface area (Å²) in [5.41, 5.74) is 0. The molecule has 2 aliphatic rings. The Morgan fingerprint density at radius 1 is 0.821 bits per heavy atom. The molecule has 28 heavy (non-hydrogen) atoms. The quantitative estimate of drug-likeness (QED) is 0.252. The fourth-order valence-corrected chi connectivity index (χ4v) is 4.38. The molecule has 0 aromatic heterocycles. The highest BCUT2D eigenvalue weighted by molar-refractivity contribution is 4.87. The molecule has 0 heterocycles. The van der Waals surface area contributed by atoms with Crippen LogP contribution < -0.4 is 0 Å². The zero-order chi connectivity index (χ0) is 20.4. The molecule has 0 aliphatic heterocycles. The van der Waals surface area contributed by atoms with Gasteiger partial charge >= 0.3 is 0 Å². The largest absolute Gasteiger partial charge is 0.353 e. The number of ether oxygens (including phenoxy) is 2. The molecule has 0 bridgehead atoms. The molecule has 0 aromatic rings. The molecule has 0 amide bonds. The molecule has 2 aliphatic carbocycles. The Balaban J connectivity index is 1.52. The van der Waals surface area contributed by atoms with E-state index in [1.54, 1.807) is 0 Å². The molecular formula is C25H45NO2. The summed E-state index contributed by atoms with van der Waals surface area (Å²) in [7, 11) is 0. The van der Waals surface area contributed by atoms with Crippen molar-refractivity contribution in [2.75, 3.05) is 13.2 Å². The second kappa shape index (κ2) is 12.9. The summed E-state index contributed by atoms with van der Waals surface area (Å²) >= 11 is 0. The van der Waals surface area contributed by atoms with Crippen LogP contribution in [0.15, 0.2) is 0 Å². The minimum Gasteiger partial charge on any atom is -0.353 e. The average Bonchev–Trinajstić information content (AvgIpc) is 3.59. The molecule has 6 unspecified atom stereocenters. The number of rotatable bonds is 17. The molecular weight excluding hydrogens is 346 g/mol. The molecule has 0 spiro atoms. The molecule has 2 fully saturated rings. The second-order valence-electron chi connectivity index (χ2n) is 10.0. The summed E-state index contributed by atoms with van der Waals surface area (Å²) in [5.74, 6) is 5.31. The van der Waals surface area contributed by atoms with Crippen LogP contribution in [0, 0.1) is 46.8 Å². The Bertz CT molecular complexity index is 458. The summed E-state index contributed by atoms with van der Waals surface area (Å²) < 4.78 is 12.0. The predicted octanol–water partition coefficient (Wildman–Crippen LogP) is 6.96. The lowest BCUT2D eigenvalue weighted by Crippen LogP contribution is -2.19. The lowest BCUT2D eigenvalue weighted by Gasteiger charge is -2.18. The molecule has 6 atom stereocenters. The first-order valence-electron chi connectivity index (χ1n) is 12.1. The van der Waals surface area contributed by atoms with Crippen molar-refractivity contribution in [1.29, 1.82) is 5.26 Å². The first-order valence-corrected chi connectivity index (χ1v) is 12.1. The smallest absolute Gasteiger partial charge is 0.158 e. The second-order valence-corrected chi connectivity index (χ2v) is 10.0. The molecule has 3 heteroatoms. The van der Waals surface area contributed by atoms with Crippen molar-refractivity contribution in [2.45, 2.75) is 105 Å². The molecule has 162 valence electrons. The Morgan fingerprint density at radius 3 is 1.86 bits per heavy atom. The van der Waals surface area contributed by atoms with E-state index in [2.05, 4.69) is 33.8 Å². The topological polar surface area (TPSA) is 42.2 Å². The number of hydrogen-bond donors (Lipinski definition) is 0. The van der Waals surface area contributed by atoms with E-state index in [-0.39, 0.29) is 6.29 Å². The van der Waals surface area contributed by atoms with Gasteiger partial charge in [-0.15, -0.1) is 0 Å². The SMILES string of the molecule is CCC(C)CCC1CC1CCOC(CCC#N)OCCC1CC1CCC(C)C. The minimum atomic E-state index is -0.176. The van der Waals surface area contributed by atoms with Crippen LogP contribution in [-0.4, -0.2) is 19.5 Å². The predicted molar refractivity (Wildman–Crippen MR) is 116 cm³/mol. The van der Waals surface area contributed by atoms with Gasteiger partial charge in [0, 0.05) is 12.8 Å². The average molecular weight is 392 g/mol. The van der Waals surface area contributed by atoms with Crippen LogP contribution in [0.3, 0.4) is 0 Å². The molecule has 3 nitrogen and oxygen atoms in total. The van der Waals surface area contributed by atoms with Crippen molar-refractivity contribution in [2.24, 2.45) is 35.5 Å². The minimum absolute atomic E-state index is 0.176. The summed E-state index contributed by atoms with van der Waals surface area (Å²) in [4.78, 5) is 0. The summed E-state index contributed by atoms with van der Waals surface area (Å²) in [6.45, 7) is 10.9. The van der Waals surface area contributed by atoms with Gasteiger partial charge in [-0.2, -0.15) is 5.26 Å². The third kappa shape index (κ3) is 9.75. The van der Waals surface area contributed by atoms with Crippen LogP contribution in [0.4, 0.5) is 0 Å². The maximum atomic E-state index is 8.90. The van der Waals surface area contributed by atoms with E-state index in [0.717, 1.165) is 61.6 Å². The summed E-state index contributed by atoms with van der Waals surface area (Å²) in [6, 6.07) is 2.24. The van der Waals surface area contributed by atoms with E-state index < -0.39 is 0 Å². The lowest BCUT2D eigenvalue weighted by molar-refractivity contribution is -0.147. The van der Waals surface area contributed by atoms with Crippen LogP contribution in [0.2, 0.25) is 0 Å². The highest BCUT2D eigenvalue weighted by atomic mass is 16.7. The fourth-order valence-electron chi connectivity index (χ4n) is 4.38. The van der Waals surface area contributed by atoms with Crippen LogP contribution >= 0.6 is 0 Å². The summed E-state index contributed by atoms with van der Waals surface area (Å²) in [5, 5.41) is 8.90. The van der Waals surface area contributed by atoms with E-state index in [1.165, 1.54) is 44.9 Å². The summed E-state index contributed by atoms with van der Waals surface area (Å²) in [6.07, 6.45) is 13.0. The highest BCUT2D eigenvalue weighted by Gasteiger charge is 2.37. The van der Waals surface area contributed by atoms with Gasteiger partial charge in [0.2, 0.25) is 0 Å². The number of nitriles is 1. The fraction of sp³-hybridized carbons (Fsp3) is 0.960. The third-order valence-corrected chi connectivity index (χ3v) is 7.06. The standard InChI is InChI=1S/C25H45NO2/c1-5-20(4)9-11-22-18-24(22)13-16-28-25(7-6-14-26)27-15-12-23-17-21(23)10-8-19(2)3/h19-25H,5-13,15-18H2,1-4H3. The number of hydrogen-bond acceptors (Lipinski definition) is 3. The molecule has 0 N–H and O–H groups in total. The van der Waals surface area contributed by atoms with E-state index in [9.17, 15) is 0 Å². The van der Waals surface area contributed by atoms with Crippen molar-refractivity contribution in [3.05, 3.63) is 0 Å². The van der Waals surface area contributed by atoms with Gasteiger partial charge in [0.05, 0.1) is 19.3 Å². The van der Waals surface area contributed by atoms with Gasteiger partial charge in [0.25, 0.3) is 0 Å². The van der Waals surface area contributed by atoms with Crippen LogP contribution in [0.25, 0.3) is 0 Å². The van der Waals surface area contributed by atoms with E-state index in [4.69, 9.17) is 14.7 Å². The van der Waals surface area contributed by atoms with Crippen molar-refractivity contribution in [3.8, 4) is 6.07 Å². The van der Waals surface area contributed by atoms with Crippen molar-refractivity contribution in [1.82, 2.24) is 0 Å². The molecule has 0 saturated heterocycles. The third-order valence-electron chi connectivity index (χ3n) is 7.06. The van der Waals surface area contributed by atoms with Crippen molar-refractivity contribution in [3.63, 3.8) is 0 Å². The Morgan fingerprint density at radius 2 is 1.36 bits per heavy atom. The van der Waals surface area contributed by atoms with E-state index >= 15 is 0 Å². The Kier molecular flexibility index (Phi) is 10.9.